The molecule has 1 N–H and O–H groups in total. The number of carbonyl (C=O) groups excluding carboxylic acids is 1. The van der Waals surface area contributed by atoms with Gasteiger partial charge in [0.25, 0.3) is 5.91 Å². The third-order valence-electron chi connectivity index (χ3n) is 2.87. The number of pyridine rings is 1. The van der Waals surface area contributed by atoms with Crippen molar-refractivity contribution in [2.24, 2.45) is 0 Å². The molecule has 2 unspecified atom stereocenters. The maximum absolute atomic E-state index is 12.1. The van der Waals surface area contributed by atoms with Gasteiger partial charge in [-0.15, -0.1) is 0 Å². The van der Waals surface area contributed by atoms with Gasteiger partial charge in [-0.2, -0.15) is 0 Å². The highest BCUT2D eigenvalue weighted by molar-refractivity contribution is 9.10. The number of aromatic nitrogens is 1. The topological polar surface area (TPSA) is 51.2 Å². The molecule has 0 radical (unpaired) electrons. The largest absolute Gasteiger partial charge is 0.378 e. The Hall–Kier alpha value is -0.650. The Bertz CT molecular complexity index is 456. The van der Waals surface area contributed by atoms with Crippen LogP contribution in [-0.4, -0.2) is 29.6 Å². The van der Waals surface area contributed by atoms with Crippen LogP contribution in [0.3, 0.4) is 0 Å². The summed E-state index contributed by atoms with van der Waals surface area (Å²) in [5, 5.41) is 3.19. The van der Waals surface area contributed by atoms with E-state index in [-0.39, 0.29) is 23.2 Å². The quantitative estimate of drug-likeness (QED) is 0.847. The molecular weight excluding hydrogens is 320 g/mol. The molecule has 1 aliphatic heterocycles. The fourth-order valence-corrected chi connectivity index (χ4v) is 2.49. The standard InChI is InChI=1S/C12H14BrClN2O2/c1-7-4-9(2-3-18-7)16-12(17)10-5-8(13)6-15-11(10)14/h5-7,9H,2-4H2,1H3,(H,16,17). The zero-order valence-corrected chi connectivity index (χ0v) is 12.3. The molecule has 0 aliphatic carbocycles. The highest BCUT2D eigenvalue weighted by Gasteiger charge is 2.22. The number of nitrogens with zero attached hydrogens (tertiary/aromatic N) is 1. The number of hydrogen-bond acceptors (Lipinski definition) is 3. The van der Waals surface area contributed by atoms with Crippen molar-refractivity contribution in [3.05, 3.63) is 27.5 Å². The van der Waals surface area contributed by atoms with Crippen molar-refractivity contribution in [3.63, 3.8) is 0 Å². The van der Waals surface area contributed by atoms with Crippen molar-refractivity contribution in [2.75, 3.05) is 6.61 Å². The Morgan fingerprint density at radius 2 is 2.44 bits per heavy atom. The van der Waals surface area contributed by atoms with Crippen LogP contribution in [0.2, 0.25) is 5.15 Å². The number of carbonyl (C=O) groups is 1. The lowest BCUT2D eigenvalue weighted by atomic mass is 10.0. The van der Waals surface area contributed by atoms with Crippen LogP contribution in [0.25, 0.3) is 0 Å². The molecule has 0 aromatic carbocycles. The molecule has 0 saturated carbocycles. The monoisotopic (exact) mass is 332 g/mol. The fraction of sp³-hybridized carbons (Fsp3) is 0.500. The van der Waals surface area contributed by atoms with Crippen molar-refractivity contribution in [1.29, 1.82) is 0 Å². The lowest BCUT2D eigenvalue weighted by molar-refractivity contribution is 0.0136. The van der Waals surface area contributed by atoms with Crippen LogP contribution in [0.4, 0.5) is 0 Å². The summed E-state index contributed by atoms with van der Waals surface area (Å²) in [7, 11) is 0. The van der Waals surface area contributed by atoms with Crippen molar-refractivity contribution in [2.45, 2.75) is 31.9 Å². The predicted octanol–water partition coefficient (Wildman–Crippen LogP) is 2.79. The summed E-state index contributed by atoms with van der Waals surface area (Å²) in [4.78, 5) is 16.0. The molecule has 2 heterocycles. The number of ether oxygens (including phenoxy) is 1. The minimum absolute atomic E-state index is 0.135. The van der Waals surface area contributed by atoms with Crippen molar-refractivity contribution >= 4 is 33.4 Å². The first-order chi connectivity index (χ1) is 8.56. The second kappa shape index (κ2) is 5.99. The van der Waals surface area contributed by atoms with Crippen LogP contribution in [-0.2, 0) is 4.74 Å². The van der Waals surface area contributed by atoms with Gasteiger partial charge >= 0.3 is 0 Å². The van der Waals surface area contributed by atoms with E-state index in [4.69, 9.17) is 16.3 Å². The number of halogens is 2. The number of amides is 1. The second-order valence-corrected chi connectivity index (χ2v) is 5.64. The van der Waals surface area contributed by atoms with Gasteiger partial charge < -0.3 is 10.1 Å². The Labute approximate surface area is 119 Å². The highest BCUT2D eigenvalue weighted by Crippen LogP contribution is 2.19. The predicted molar refractivity (Wildman–Crippen MR) is 72.8 cm³/mol. The van der Waals surface area contributed by atoms with E-state index in [0.29, 0.717) is 12.2 Å². The molecule has 0 bridgehead atoms. The highest BCUT2D eigenvalue weighted by atomic mass is 79.9. The Kier molecular flexibility index (Phi) is 4.59. The molecule has 6 heteroatoms. The minimum atomic E-state index is -0.187. The maximum atomic E-state index is 12.1. The van der Waals surface area contributed by atoms with E-state index in [0.717, 1.165) is 17.3 Å². The third kappa shape index (κ3) is 3.43. The molecule has 1 saturated heterocycles. The maximum Gasteiger partial charge on any atom is 0.254 e. The molecule has 2 rings (SSSR count). The molecule has 1 aliphatic rings. The van der Waals surface area contributed by atoms with E-state index < -0.39 is 0 Å². The van der Waals surface area contributed by atoms with Crippen molar-refractivity contribution in [3.8, 4) is 0 Å². The minimum Gasteiger partial charge on any atom is -0.378 e. The first-order valence-corrected chi connectivity index (χ1v) is 6.97. The Morgan fingerprint density at radius 1 is 1.67 bits per heavy atom. The first kappa shape index (κ1) is 13.8. The zero-order valence-electron chi connectivity index (χ0n) is 9.95. The van der Waals surface area contributed by atoms with E-state index in [1.165, 1.54) is 0 Å². The average molecular weight is 334 g/mol. The molecule has 98 valence electrons. The lowest BCUT2D eigenvalue weighted by Gasteiger charge is -2.28. The van der Waals surface area contributed by atoms with E-state index >= 15 is 0 Å². The first-order valence-electron chi connectivity index (χ1n) is 5.80. The smallest absolute Gasteiger partial charge is 0.254 e. The molecule has 1 aromatic heterocycles. The summed E-state index contributed by atoms with van der Waals surface area (Å²) < 4.78 is 6.17. The van der Waals surface area contributed by atoms with E-state index in [9.17, 15) is 4.79 Å². The molecule has 18 heavy (non-hydrogen) atoms. The van der Waals surface area contributed by atoms with Gasteiger partial charge in [-0.3, -0.25) is 4.79 Å². The summed E-state index contributed by atoms with van der Waals surface area (Å²) >= 11 is 9.20. The van der Waals surface area contributed by atoms with Crippen LogP contribution in [0.5, 0.6) is 0 Å². The van der Waals surface area contributed by atoms with Gasteiger partial charge in [0, 0.05) is 23.3 Å². The van der Waals surface area contributed by atoms with E-state index in [2.05, 4.69) is 26.2 Å². The molecule has 4 nitrogen and oxygen atoms in total. The van der Waals surface area contributed by atoms with Crippen molar-refractivity contribution in [1.82, 2.24) is 10.3 Å². The van der Waals surface area contributed by atoms with Gasteiger partial charge in [0.05, 0.1) is 11.7 Å². The van der Waals surface area contributed by atoms with Crippen LogP contribution < -0.4 is 5.32 Å². The van der Waals surface area contributed by atoms with Gasteiger partial charge in [0.2, 0.25) is 0 Å². The summed E-state index contributed by atoms with van der Waals surface area (Å²) in [6.07, 6.45) is 3.40. The lowest BCUT2D eigenvalue weighted by Crippen LogP contribution is -2.41. The fourth-order valence-electron chi connectivity index (χ4n) is 1.97. The van der Waals surface area contributed by atoms with Crippen LogP contribution in [0.1, 0.15) is 30.1 Å². The molecule has 1 amide bonds. The zero-order chi connectivity index (χ0) is 13.1. The molecule has 1 fully saturated rings. The second-order valence-electron chi connectivity index (χ2n) is 4.37. The summed E-state index contributed by atoms with van der Waals surface area (Å²) in [6, 6.07) is 1.81. The normalized spacial score (nSPS) is 23.7. The van der Waals surface area contributed by atoms with Gasteiger partial charge in [0.15, 0.2) is 0 Å². The van der Waals surface area contributed by atoms with Gasteiger partial charge in [-0.05, 0) is 41.8 Å². The average Bonchev–Trinajstić information content (AvgIpc) is 2.32. The van der Waals surface area contributed by atoms with Crippen molar-refractivity contribution < 1.29 is 9.53 Å². The van der Waals surface area contributed by atoms with E-state index in [1.807, 2.05) is 6.92 Å². The number of rotatable bonds is 2. The summed E-state index contributed by atoms with van der Waals surface area (Å²) in [6.45, 7) is 2.68. The number of hydrogen-bond donors (Lipinski definition) is 1. The molecule has 2 atom stereocenters. The SMILES string of the molecule is CC1CC(NC(=O)c2cc(Br)cnc2Cl)CCO1. The van der Waals surface area contributed by atoms with E-state index in [1.54, 1.807) is 12.3 Å². The van der Waals surface area contributed by atoms with Crippen LogP contribution in [0, 0.1) is 0 Å². The molecule has 0 spiro atoms. The number of nitrogens with one attached hydrogen (secondary N) is 1. The van der Waals surface area contributed by atoms with Gasteiger partial charge in [-0.25, -0.2) is 4.98 Å². The molecular formula is C12H14BrClN2O2. The van der Waals surface area contributed by atoms with Crippen LogP contribution in [0.15, 0.2) is 16.7 Å². The summed E-state index contributed by atoms with van der Waals surface area (Å²) in [5.74, 6) is -0.187. The molecule has 1 aromatic rings. The Balaban J connectivity index is 2.05. The third-order valence-corrected chi connectivity index (χ3v) is 3.61. The summed E-state index contributed by atoms with van der Waals surface area (Å²) in [5.41, 5.74) is 0.394. The van der Waals surface area contributed by atoms with Crippen LogP contribution >= 0.6 is 27.5 Å². The van der Waals surface area contributed by atoms with Gasteiger partial charge in [-0.1, -0.05) is 11.6 Å². The van der Waals surface area contributed by atoms with Gasteiger partial charge in [0.1, 0.15) is 5.15 Å². The Morgan fingerprint density at radius 3 is 3.17 bits per heavy atom.